The maximum Gasteiger partial charge on any atom is 0.345 e. The molecule has 0 aliphatic heterocycles. The van der Waals surface area contributed by atoms with E-state index in [0.29, 0.717) is 10.3 Å². The summed E-state index contributed by atoms with van der Waals surface area (Å²) < 4.78 is 0.418. The average molecular weight is 170 g/mol. The molecule has 0 aliphatic carbocycles. The first kappa shape index (κ1) is 8.73. The Hall–Kier alpha value is -1.36. The van der Waals surface area contributed by atoms with Gasteiger partial charge in [0.15, 0.2) is 5.56 Å². The van der Waals surface area contributed by atoms with Crippen LogP contribution in [0, 0.1) is 0 Å². The number of rotatable bonds is 2. The molecule has 0 fully saturated rings. The highest BCUT2D eigenvalue weighted by molar-refractivity contribution is 5.92. The first-order valence-electron chi connectivity index (χ1n) is 3.51. The number of carboxylic acid groups (broad SMARTS) is 1. The predicted octanol–water partition coefficient (Wildman–Crippen LogP) is 0.305. The number of nitrogens with zero attached hydrogens (tertiary/aromatic N) is 2. The molecule has 66 valence electrons. The molecule has 0 saturated heterocycles. The van der Waals surface area contributed by atoms with Crippen LogP contribution in [0.2, 0.25) is 0 Å². The minimum absolute atomic E-state index is 0.225. The molecular formula is C7H12N3O2+. The Kier molecular flexibility index (Phi) is 1.89. The summed E-state index contributed by atoms with van der Waals surface area (Å²) in [5.74, 6) is -0.352. The molecule has 0 aliphatic rings. The molecule has 5 heteroatoms. The van der Waals surface area contributed by atoms with Gasteiger partial charge in [0.1, 0.15) is 0 Å². The second kappa shape index (κ2) is 2.60. The molecule has 0 radical (unpaired) electrons. The Labute approximate surface area is 70.2 Å². The van der Waals surface area contributed by atoms with Gasteiger partial charge in [-0.2, -0.15) is 5.10 Å². The third-order valence-corrected chi connectivity index (χ3v) is 1.52. The van der Waals surface area contributed by atoms with Gasteiger partial charge >= 0.3 is 5.97 Å². The van der Waals surface area contributed by atoms with E-state index >= 15 is 0 Å². The lowest BCUT2D eigenvalue weighted by molar-refractivity contribution is 0.0695. The van der Waals surface area contributed by atoms with Gasteiger partial charge in [-0.1, -0.05) is 0 Å². The lowest BCUT2D eigenvalue weighted by Crippen LogP contribution is -2.36. The van der Waals surface area contributed by atoms with Crippen molar-refractivity contribution in [2.75, 3.05) is 21.1 Å². The Morgan fingerprint density at radius 1 is 1.58 bits per heavy atom. The minimum atomic E-state index is -0.952. The Bertz CT molecular complexity index is 298. The van der Waals surface area contributed by atoms with E-state index in [1.165, 1.54) is 6.20 Å². The first-order valence-corrected chi connectivity index (χ1v) is 3.51. The molecular weight excluding hydrogens is 158 g/mol. The van der Waals surface area contributed by atoms with Gasteiger partial charge in [0.05, 0.1) is 27.3 Å². The molecule has 0 spiro atoms. The number of nitrogens with one attached hydrogen (secondary N) is 1. The lowest BCUT2D eigenvalue weighted by Gasteiger charge is -2.21. The summed E-state index contributed by atoms with van der Waals surface area (Å²) in [6.45, 7) is 0. The van der Waals surface area contributed by atoms with E-state index in [2.05, 4.69) is 10.2 Å². The Morgan fingerprint density at radius 3 is 2.50 bits per heavy atom. The Balaban J connectivity index is 3.17. The topological polar surface area (TPSA) is 66.0 Å². The number of quaternary nitrogens is 1. The number of hydrogen-bond acceptors (Lipinski definition) is 2. The third kappa shape index (κ3) is 1.45. The number of aromatic carboxylic acids is 1. The highest BCUT2D eigenvalue weighted by Gasteiger charge is 2.24. The van der Waals surface area contributed by atoms with Gasteiger partial charge in [-0.3, -0.25) is 4.48 Å². The molecule has 12 heavy (non-hydrogen) atoms. The molecule has 0 unspecified atom stereocenters. The quantitative estimate of drug-likeness (QED) is 0.627. The summed E-state index contributed by atoms with van der Waals surface area (Å²) in [7, 11) is 5.62. The molecule has 0 atom stereocenters. The van der Waals surface area contributed by atoms with Gasteiger partial charge in [-0.05, 0) is 0 Å². The number of carbonyl (C=O) groups is 1. The van der Waals surface area contributed by atoms with Crippen molar-refractivity contribution in [1.82, 2.24) is 14.7 Å². The fraction of sp³-hybridized carbons (Fsp3) is 0.429. The zero-order valence-electron chi connectivity index (χ0n) is 7.33. The first-order chi connectivity index (χ1) is 5.43. The molecule has 0 bridgehead atoms. The van der Waals surface area contributed by atoms with Crippen molar-refractivity contribution in [3.8, 4) is 0 Å². The van der Waals surface area contributed by atoms with Gasteiger partial charge in [0.25, 0.3) is 0 Å². The minimum Gasteiger partial charge on any atom is -0.477 e. The normalized spacial score (nSPS) is 11.6. The summed E-state index contributed by atoms with van der Waals surface area (Å²) >= 11 is 0. The Morgan fingerprint density at radius 2 is 2.17 bits per heavy atom. The zero-order valence-corrected chi connectivity index (χ0v) is 7.33. The molecule has 5 nitrogen and oxygen atoms in total. The number of hydrogen-bond donors (Lipinski definition) is 2. The van der Waals surface area contributed by atoms with E-state index in [1.54, 1.807) is 0 Å². The van der Waals surface area contributed by atoms with E-state index in [4.69, 9.17) is 5.11 Å². The van der Waals surface area contributed by atoms with Crippen LogP contribution in [0.4, 0.5) is 5.82 Å². The van der Waals surface area contributed by atoms with Gasteiger partial charge in [-0.15, -0.1) is 0 Å². The fourth-order valence-electron chi connectivity index (χ4n) is 0.947. The SMILES string of the molecule is C[N+](C)(C)c1[nH]ncc1C(=O)O. The largest absolute Gasteiger partial charge is 0.477 e. The molecule has 1 aromatic heterocycles. The van der Waals surface area contributed by atoms with Crippen molar-refractivity contribution in [2.24, 2.45) is 0 Å². The van der Waals surface area contributed by atoms with Crippen molar-refractivity contribution in [1.29, 1.82) is 0 Å². The van der Waals surface area contributed by atoms with Crippen LogP contribution in [0.1, 0.15) is 10.4 Å². The van der Waals surface area contributed by atoms with Crippen LogP contribution in [-0.2, 0) is 0 Å². The van der Waals surface area contributed by atoms with Gasteiger partial charge < -0.3 is 5.11 Å². The molecule has 0 amide bonds. The van der Waals surface area contributed by atoms with Crippen LogP contribution in [0.3, 0.4) is 0 Å². The van der Waals surface area contributed by atoms with E-state index in [-0.39, 0.29) is 5.56 Å². The fourth-order valence-corrected chi connectivity index (χ4v) is 0.947. The zero-order chi connectivity index (χ0) is 9.35. The lowest BCUT2D eigenvalue weighted by atomic mass is 10.3. The maximum atomic E-state index is 10.7. The third-order valence-electron chi connectivity index (χ3n) is 1.52. The molecule has 1 aromatic rings. The van der Waals surface area contributed by atoms with Crippen molar-refractivity contribution >= 4 is 11.8 Å². The summed E-state index contributed by atoms with van der Waals surface area (Å²) in [5.41, 5.74) is 0.225. The van der Waals surface area contributed by atoms with Gasteiger partial charge in [-0.25, -0.2) is 9.89 Å². The number of H-pyrrole nitrogens is 1. The monoisotopic (exact) mass is 170 g/mol. The number of aromatic amines is 1. The second-order valence-corrected chi connectivity index (χ2v) is 3.45. The van der Waals surface area contributed by atoms with Crippen LogP contribution in [0.25, 0.3) is 0 Å². The van der Waals surface area contributed by atoms with E-state index < -0.39 is 5.97 Å². The van der Waals surface area contributed by atoms with E-state index in [1.807, 2.05) is 21.1 Å². The highest BCUT2D eigenvalue weighted by atomic mass is 16.4. The van der Waals surface area contributed by atoms with Crippen LogP contribution in [0.5, 0.6) is 0 Å². The van der Waals surface area contributed by atoms with Crippen molar-refractivity contribution < 1.29 is 9.90 Å². The van der Waals surface area contributed by atoms with E-state index in [0.717, 1.165) is 0 Å². The summed E-state index contributed by atoms with van der Waals surface area (Å²) in [5, 5.41) is 15.1. The molecule has 0 aromatic carbocycles. The number of aromatic nitrogens is 2. The smallest absolute Gasteiger partial charge is 0.345 e. The summed E-state index contributed by atoms with van der Waals surface area (Å²) in [4.78, 5) is 10.7. The molecule has 2 N–H and O–H groups in total. The highest BCUT2D eigenvalue weighted by Crippen LogP contribution is 2.18. The number of carboxylic acids is 1. The summed E-state index contributed by atoms with van der Waals surface area (Å²) in [6, 6.07) is 0. The predicted molar refractivity (Wildman–Crippen MR) is 45.1 cm³/mol. The van der Waals surface area contributed by atoms with E-state index in [9.17, 15) is 4.79 Å². The average Bonchev–Trinajstić information content (AvgIpc) is 2.30. The van der Waals surface area contributed by atoms with Gasteiger partial charge in [0, 0.05) is 0 Å². The van der Waals surface area contributed by atoms with Crippen LogP contribution < -0.4 is 4.48 Å². The van der Waals surface area contributed by atoms with Crippen molar-refractivity contribution in [2.45, 2.75) is 0 Å². The standard InChI is InChI=1S/C7H11N3O2/c1-10(2,3)6-5(7(11)12)4-8-9-6/h4H,1-3H3,(H-,8,9,11,12)/p+1. The second-order valence-electron chi connectivity index (χ2n) is 3.45. The van der Waals surface area contributed by atoms with Crippen LogP contribution in [0.15, 0.2) is 6.20 Å². The van der Waals surface area contributed by atoms with Crippen LogP contribution in [-0.4, -0.2) is 42.4 Å². The van der Waals surface area contributed by atoms with Crippen molar-refractivity contribution in [3.05, 3.63) is 11.8 Å². The summed E-state index contributed by atoms with van der Waals surface area (Å²) in [6.07, 6.45) is 1.32. The van der Waals surface area contributed by atoms with Gasteiger partial charge in [0.2, 0.25) is 5.82 Å². The van der Waals surface area contributed by atoms with Crippen molar-refractivity contribution in [3.63, 3.8) is 0 Å². The molecule has 1 rings (SSSR count). The molecule has 0 saturated carbocycles. The van der Waals surface area contributed by atoms with Crippen LogP contribution >= 0.6 is 0 Å². The molecule has 1 heterocycles. The maximum absolute atomic E-state index is 10.7.